The molecule has 0 saturated carbocycles. The van der Waals surface area contributed by atoms with E-state index in [1.54, 1.807) is 17.1 Å². The maximum Gasteiger partial charge on any atom is 0.244 e. The highest BCUT2D eigenvalue weighted by atomic mass is 16.2. The summed E-state index contributed by atoms with van der Waals surface area (Å²) >= 11 is 0. The first-order valence-electron chi connectivity index (χ1n) is 6.11. The average molecular weight is 236 g/mol. The molecule has 2 atom stereocenters. The Hall–Kier alpha value is -1.36. The molecule has 5 heteroatoms. The molecule has 94 valence electrons. The Kier molecular flexibility index (Phi) is 3.47. The summed E-state index contributed by atoms with van der Waals surface area (Å²) in [5.74, 6) is 0.596. The van der Waals surface area contributed by atoms with Crippen molar-refractivity contribution in [3.05, 3.63) is 18.0 Å². The van der Waals surface area contributed by atoms with Gasteiger partial charge < -0.3 is 10.6 Å². The van der Waals surface area contributed by atoms with Crippen molar-refractivity contribution in [2.24, 2.45) is 18.7 Å². The maximum atomic E-state index is 12.2. The first-order chi connectivity index (χ1) is 8.08. The molecule has 1 aromatic heterocycles. The van der Waals surface area contributed by atoms with E-state index in [4.69, 9.17) is 5.73 Å². The van der Waals surface area contributed by atoms with Gasteiger partial charge in [-0.15, -0.1) is 0 Å². The molecule has 2 N–H and O–H groups in total. The zero-order valence-electron chi connectivity index (χ0n) is 10.5. The topological polar surface area (TPSA) is 64.2 Å². The summed E-state index contributed by atoms with van der Waals surface area (Å²) in [6.45, 7) is 3.83. The number of nitrogens with two attached hydrogens (primary N) is 1. The highest BCUT2D eigenvalue weighted by molar-refractivity contribution is 5.83. The van der Waals surface area contributed by atoms with Gasteiger partial charge in [0.15, 0.2) is 0 Å². The Morgan fingerprint density at radius 2 is 2.41 bits per heavy atom. The summed E-state index contributed by atoms with van der Waals surface area (Å²) in [4.78, 5) is 14.1. The van der Waals surface area contributed by atoms with E-state index in [0.717, 1.165) is 25.1 Å². The average Bonchev–Trinajstić information content (AvgIpc) is 2.74. The number of likely N-dealkylation sites (tertiary alicyclic amines) is 1. The van der Waals surface area contributed by atoms with Crippen molar-refractivity contribution < 1.29 is 4.79 Å². The van der Waals surface area contributed by atoms with Crippen LogP contribution in [0.4, 0.5) is 0 Å². The zero-order chi connectivity index (χ0) is 12.4. The van der Waals surface area contributed by atoms with Gasteiger partial charge in [-0.3, -0.25) is 9.48 Å². The summed E-state index contributed by atoms with van der Waals surface area (Å²) in [6, 6.07) is -0.575. The van der Waals surface area contributed by atoms with Crippen LogP contribution in [0.15, 0.2) is 12.4 Å². The van der Waals surface area contributed by atoms with E-state index in [0.29, 0.717) is 5.92 Å². The minimum absolute atomic E-state index is 0.0181. The fourth-order valence-corrected chi connectivity index (χ4v) is 2.33. The normalized spacial score (nSPS) is 22.5. The van der Waals surface area contributed by atoms with Crippen molar-refractivity contribution in [3.63, 3.8) is 0 Å². The molecule has 1 amide bonds. The van der Waals surface area contributed by atoms with Gasteiger partial charge >= 0.3 is 0 Å². The SMILES string of the molecule is C[C@@H]1CCCN(C(=O)[C@@H](N)c2cnn(C)c2)C1. The van der Waals surface area contributed by atoms with Crippen LogP contribution in [0.25, 0.3) is 0 Å². The van der Waals surface area contributed by atoms with Crippen LogP contribution in [0.3, 0.4) is 0 Å². The third kappa shape index (κ3) is 2.66. The Morgan fingerprint density at radius 1 is 1.65 bits per heavy atom. The van der Waals surface area contributed by atoms with Crippen molar-refractivity contribution >= 4 is 5.91 Å². The maximum absolute atomic E-state index is 12.2. The van der Waals surface area contributed by atoms with Gasteiger partial charge in [-0.25, -0.2) is 0 Å². The minimum atomic E-state index is -0.575. The largest absolute Gasteiger partial charge is 0.341 e. The molecule has 0 spiro atoms. The van der Waals surface area contributed by atoms with Crippen LogP contribution >= 0.6 is 0 Å². The van der Waals surface area contributed by atoms with Gasteiger partial charge in [-0.2, -0.15) is 5.10 Å². The second-order valence-electron chi connectivity index (χ2n) is 4.96. The van der Waals surface area contributed by atoms with E-state index < -0.39 is 6.04 Å². The van der Waals surface area contributed by atoms with Crippen molar-refractivity contribution in [1.82, 2.24) is 14.7 Å². The van der Waals surface area contributed by atoms with Crippen molar-refractivity contribution in [3.8, 4) is 0 Å². The van der Waals surface area contributed by atoms with Gasteiger partial charge in [-0.05, 0) is 18.8 Å². The Balaban J connectivity index is 2.04. The summed E-state index contributed by atoms with van der Waals surface area (Å²) in [5.41, 5.74) is 6.77. The number of aryl methyl sites for hydroxylation is 1. The number of hydrogen-bond donors (Lipinski definition) is 1. The number of rotatable bonds is 2. The number of nitrogens with zero attached hydrogens (tertiary/aromatic N) is 3. The fourth-order valence-electron chi connectivity index (χ4n) is 2.33. The first kappa shape index (κ1) is 12.1. The smallest absolute Gasteiger partial charge is 0.244 e. The fraction of sp³-hybridized carbons (Fsp3) is 0.667. The summed E-state index contributed by atoms with van der Waals surface area (Å²) < 4.78 is 1.67. The van der Waals surface area contributed by atoms with Crippen LogP contribution in [-0.2, 0) is 11.8 Å². The minimum Gasteiger partial charge on any atom is -0.341 e. The molecular formula is C12H20N4O. The Morgan fingerprint density at radius 3 is 3.00 bits per heavy atom. The molecule has 0 bridgehead atoms. The quantitative estimate of drug-likeness (QED) is 0.821. The van der Waals surface area contributed by atoms with Crippen LogP contribution in [-0.4, -0.2) is 33.7 Å². The van der Waals surface area contributed by atoms with E-state index >= 15 is 0 Å². The standard InChI is InChI=1S/C12H20N4O/c1-9-4-3-5-16(7-9)12(17)11(13)10-6-14-15(2)8-10/h6,8-9,11H,3-5,7,13H2,1-2H3/t9-,11+/m1/s1. The van der Waals surface area contributed by atoms with Crippen LogP contribution < -0.4 is 5.73 Å². The highest BCUT2D eigenvalue weighted by Gasteiger charge is 2.26. The van der Waals surface area contributed by atoms with Gasteiger partial charge in [0.05, 0.1) is 6.20 Å². The van der Waals surface area contributed by atoms with E-state index in [-0.39, 0.29) is 5.91 Å². The van der Waals surface area contributed by atoms with E-state index in [2.05, 4.69) is 12.0 Å². The molecule has 0 aromatic carbocycles. The summed E-state index contributed by atoms with van der Waals surface area (Å²) in [5, 5.41) is 4.05. The lowest BCUT2D eigenvalue weighted by Crippen LogP contribution is -2.43. The Labute approximate surface area is 102 Å². The van der Waals surface area contributed by atoms with Crippen LogP contribution in [0.5, 0.6) is 0 Å². The molecule has 0 unspecified atom stereocenters. The van der Waals surface area contributed by atoms with E-state index in [1.807, 2.05) is 11.9 Å². The molecule has 5 nitrogen and oxygen atoms in total. The predicted octanol–water partition coefficient (Wildman–Crippen LogP) is 0.678. The zero-order valence-corrected chi connectivity index (χ0v) is 10.5. The molecular weight excluding hydrogens is 216 g/mol. The molecule has 1 aliphatic heterocycles. The number of carbonyl (C=O) groups is 1. The van der Waals surface area contributed by atoms with Crippen LogP contribution in [0.2, 0.25) is 0 Å². The van der Waals surface area contributed by atoms with E-state index in [9.17, 15) is 4.79 Å². The Bertz CT molecular complexity index is 401. The highest BCUT2D eigenvalue weighted by Crippen LogP contribution is 2.19. The van der Waals surface area contributed by atoms with Gasteiger partial charge in [0, 0.05) is 31.9 Å². The monoisotopic (exact) mass is 236 g/mol. The number of hydrogen-bond acceptors (Lipinski definition) is 3. The third-order valence-electron chi connectivity index (χ3n) is 3.32. The molecule has 0 aliphatic carbocycles. The van der Waals surface area contributed by atoms with Gasteiger partial charge in [0.25, 0.3) is 0 Å². The van der Waals surface area contributed by atoms with Crippen LogP contribution in [0, 0.1) is 5.92 Å². The van der Waals surface area contributed by atoms with E-state index in [1.165, 1.54) is 6.42 Å². The van der Waals surface area contributed by atoms with Gasteiger partial charge in [-0.1, -0.05) is 6.92 Å². The second-order valence-corrected chi connectivity index (χ2v) is 4.96. The van der Waals surface area contributed by atoms with Crippen molar-refractivity contribution in [2.45, 2.75) is 25.8 Å². The summed E-state index contributed by atoms with van der Waals surface area (Å²) in [6.07, 6.45) is 5.74. The molecule has 1 fully saturated rings. The van der Waals surface area contributed by atoms with Crippen molar-refractivity contribution in [2.75, 3.05) is 13.1 Å². The number of aromatic nitrogens is 2. The molecule has 0 radical (unpaired) electrons. The lowest BCUT2D eigenvalue weighted by Gasteiger charge is -2.32. The number of piperidine rings is 1. The third-order valence-corrected chi connectivity index (χ3v) is 3.32. The molecule has 17 heavy (non-hydrogen) atoms. The molecule has 2 heterocycles. The number of amides is 1. The molecule has 1 aromatic rings. The second kappa shape index (κ2) is 4.87. The van der Waals surface area contributed by atoms with Gasteiger partial charge in [0.2, 0.25) is 5.91 Å². The molecule has 1 aliphatic rings. The van der Waals surface area contributed by atoms with Crippen LogP contribution in [0.1, 0.15) is 31.4 Å². The molecule has 2 rings (SSSR count). The summed E-state index contributed by atoms with van der Waals surface area (Å²) in [7, 11) is 1.82. The lowest BCUT2D eigenvalue weighted by molar-refractivity contribution is -0.134. The van der Waals surface area contributed by atoms with Gasteiger partial charge in [0.1, 0.15) is 6.04 Å². The first-order valence-corrected chi connectivity index (χ1v) is 6.11. The lowest BCUT2D eigenvalue weighted by atomic mass is 9.99. The van der Waals surface area contributed by atoms with Crippen molar-refractivity contribution in [1.29, 1.82) is 0 Å². The number of carbonyl (C=O) groups excluding carboxylic acids is 1. The predicted molar refractivity (Wildman–Crippen MR) is 65.1 cm³/mol. The molecule has 1 saturated heterocycles.